The van der Waals surface area contributed by atoms with E-state index in [2.05, 4.69) is 24.1 Å². The van der Waals surface area contributed by atoms with Gasteiger partial charge in [0.15, 0.2) is 0 Å². The van der Waals surface area contributed by atoms with Crippen LogP contribution in [0.15, 0.2) is 24.3 Å². The molecule has 0 aliphatic rings. The molecule has 0 heterocycles. The molecule has 4 heteroatoms. The van der Waals surface area contributed by atoms with Crippen molar-refractivity contribution in [2.75, 3.05) is 26.2 Å². The summed E-state index contributed by atoms with van der Waals surface area (Å²) in [5.74, 6) is -0.0942. The lowest BCUT2D eigenvalue weighted by molar-refractivity contribution is 0.0784. The van der Waals surface area contributed by atoms with Crippen LogP contribution >= 0.6 is 0 Å². The van der Waals surface area contributed by atoms with Gasteiger partial charge in [-0.2, -0.15) is 0 Å². The van der Waals surface area contributed by atoms with Crippen LogP contribution in [0.1, 0.15) is 43.6 Å². The maximum absolute atomic E-state index is 12.1. The van der Waals surface area contributed by atoms with Gasteiger partial charge in [0, 0.05) is 18.7 Å². The van der Waals surface area contributed by atoms with Crippen molar-refractivity contribution in [3.8, 4) is 0 Å². The van der Waals surface area contributed by atoms with Crippen molar-refractivity contribution in [3.05, 3.63) is 35.4 Å². The number of likely N-dealkylation sites (N-methyl/N-ethyl adjacent to an activating group) is 1. The molecule has 0 unspecified atom stereocenters. The minimum Gasteiger partial charge on any atom is -0.386 e. The quantitative estimate of drug-likeness (QED) is 0.802. The van der Waals surface area contributed by atoms with Crippen molar-refractivity contribution in [2.45, 2.75) is 33.3 Å². The molecule has 0 radical (unpaired) electrons. The zero-order chi connectivity index (χ0) is 15.2. The van der Waals surface area contributed by atoms with Crippen LogP contribution in [0.3, 0.4) is 0 Å². The van der Waals surface area contributed by atoms with E-state index in [1.54, 1.807) is 32.0 Å². The van der Waals surface area contributed by atoms with Gasteiger partial charge in [0.25, 0.3) is 5.91 Å². The zero-order valence-electron chi connectivity index (χ0n) is 12.9. The summed E-state index contributed by atoms with van der Waals surface area (Å²) in [5.41, 5.74) is 0.399. The van der Waals surface area contributed by atoms with Crippen molar-refractivity contribution < 1.29 is 9.90 Å². The molecule has 0 aliphatic carbocycles. The van der Waals surface area contributed by atoms with Crippen LogP contribution in [0.25, 0.3) is 0 Å². The minimum atomic E-state index is -0.933. The number of benzene rings is 1. The van der Waals surface area contributed by atoms with Gasteiger partial charge >= 0.3 is 0 Å². The smallest absolute Gasteiger partial charge is 0.251 e. The summed E-state index contributed by atoms with van der Waals surface area (Å²) in [4.78, 5) is 14.3. The summed E-state index contributed by atoms with van der Waals surface area (Å²) >= 11 is 0. The molecule has 0 aromatic heterocycles. The molecule has 20 heavy (non-hydrogen) atoms. The summed E-state index contributed by atoms with van der Waals surface area (Å²) in [6.45, 7) is 11.1. The van der Waals surface area contributed by atoms with Gasteiger partial charge in [0.2, 0.25) is 0 Å². The van der Waals surface area contributed by atoms with Gasteiger partial charge < -0.3 is 15.3 Å². The standard InChI is InChI=1S/C16H26N2O2/c1-5-18(6-2)11-10-17-15(19)13-8-7-9-14(12-13)16(3,4)20/h7-9,12,20H,5-6,10-11H2,1-4H3,(H,17,19). The Kier molecular flexibility index (Phi) is 6.17. The van der Waals surface area contributed by atoms with Gasteiger partial charge in [0.1, 0.15) is 0 Å². The van der Waals surface area contributed by atoms with Crippen molar-refractivity contribution in [1.82, 2.24) is 10.2 Å². The van der Waals surface area contributed by atoms with E-state index < -0.39 is 5.60 Å². The number of carbonyl (C=O) groups excluding carboxylic acids is 1. The van der Waals surface area contributed by atoms with Crippen LogP contribution in [0.4, 0.5) is 0 Å². The predicted octanol–water partition coefficient (Wildman–Crippen LogP) is 1.99. The topological polar surface area (TPSA) is 52.6 Å². The third-order valence-electron chi connectivity index (χ3n) is 3.44. The zero-order valence-corrected chi connectivity index (χ0v) is 12.9. The van der Waals surface area contributed by atoms with Gasteiger partial charge in [0.05, 0.1) is 5.60 Å². The van der Waals surface area contributed by atoms with Gasteiger partial charge in [-0.3, -0.25) is 4.79 Å². The lowest BCUT2D eigenvalue weighted by atomic mass is 9.96. The molecule has 1 rings (SSSR count). The first-order chi connectivity index (χ1) is 9.38. The molecular formula is C16H26N2O2. The Hall–Kier alpha value is -1.39. The van der Waals surface area contributed by atoms with E-state index in [1.807, 2.05) is 6.07 Å². The molecule has 1 aromatic rings. The maximum atomic E-state index is 12.1. The minimum absolute atomic E-state index is 0.0942. The van der Waals surface area contributed by atoms with Gasteiger partial charge in [-0.05, 0) is 44.6 Å². The second-order valence-corrected chi connectivity index (χ2v) is 5.42. The van der Waals surface area contributed by atoms with E-state index in [0.717, 1.165) is 25.2 Å². The molecule has 2 N–H and O–H groups in total. The second kappa shape index (κ2) is 7.41. The number of rotatable bonds is 7. The monoisotopic (exact) mass is 278 g/mol. The first-order valence-electron chi connectivity index (χ1n) is 7.22. The Labute approximate surface area is 121 Å². The predicted molar refractivity (Wildman–Crippen MR) is 81.8 cm³/mol. The van der Waals surface area contributed by atoms with E-state index in [9.17, 15) is 9.90 Å². The average molecular weight is 278 g/mol. The van der Waals surface area contributed by atoms with Crippen molar-refractivity contribution in [3.63, 3.8) is 0 Å². The maximum Gasteiger partial charge on any atom is 0.251 e. The first-order valence-corrected chi connectivity index (χ1v) is 7.22. The number of hydrogen-bond donors (Lipinski definition) is 2. The Morgan fingerprint density at radius 2 is 1.95 bits per heavy atom. The summed E-state index contributed by atoms with van der Waals surface area (Å²) in [6, 6.07) is 7.13. The number of carbonyl (C=O) groups is 1. The lowest BCUT2D eigenvalue weighted by Crippen LogP contribution is -2.34. The number of nitrogens with one attached hydrogen (secondary N) is 1. The highest BCUT2D eigenvalue weighted by Crippen LogP contribution is 2.20. The summed E-state index contributed by atoms with van der Waals surface area (Å²) in [5, 5.41) is 12.9. The molecule has 112 valence electrons. The number of nitrogens with zero attached hydrogens (tertiary/aromatic N) is 1. The number of amides is 1. The van der Waals surface area contributed by atoms with Gasteiger partial charge in [-0.1, -0.05) is 26.0 Å². The molecule has 0 fully saturated rings. The van der Waals surface area contributed by atoms with Crippen LogP contribution in [0.5, 0.6) is 0 Å². The molecule has 0 saturated carbocycles. The number of hydrogen-bond acceptors (Lipinski definition) is 3. The fourth-order valence-corrected chi connectivity index (χ4v) is 2.01. The largest absolute Gasteiger partial charge is 0.386 e. The van der Waals surface area contributed by atoms with E-state index in [-0.39, 0.29) is 5.91 Å². The molecular weight excluding hydrogens is 252 g/mol. The highest BCUT2D eigenvalue weighted by Gasteiger charge is 2.17. The van der Waals surface area contributed by atoms with E-state index >= 15 is 0 Å². The van der Waals surface area contributed by atoms with Gasteiger partial charge in [-0.25, -0.2) is 0 Å². The highest BCUT2D eigenvalue weighted by atomic mass is 16.3. The summed E-state index contributed by atoms with van der Waals surface area (Å²) in [6.07, 6.45) is 0. The third-order valence-corrected chi connectivity index (χ3v) is 3.44. The van der Waals surface area contributed by atoms with Crippen molar-refractivity contribution >= 4 is 5.91 Å². The highest BCUT2D eigenvalue weighted by molar-refractivity contribution is 5.94. The van der Waals surface area contributed by atoms with Crippen molar-refractivity contribution in [2.24, 2.45) is 0 Å². The van der Waals surface area contributed by atoms with E-state index in [1.165, 1.54) is 0 Å². The molecule has 0 atom stereocenters. The van der Waals surface area contributed by atoms with Crippen molar-refractivity contribution in [1.29, 1.82) is 0 Å². The number of aliphatic hydroxyl groups is 1. The van der Waals surface area contributed by atoms with Crippen LogP contribution < -0.4 is 5.32 Å². The van der Waals surface area contributed by atoms with Crippen LogP contribution in [0, 0.1) is 0 Å². The Morgan fingerprint density at radius 1 is 1.30 bits per heavy atom. The van der Waals surface area contributed by atoms with Crippen LogP contribution in [-0.2, 0) is 5.60 Å². The summed E-state index contributed by atoms with van der Waals surface area (Å²) in [7, 11) is 0. The lowest BCUT2D eigenvalue weighted by Gasteiger charge is -2.19. The van der Waals surface area contributed by atoms with Crippen LogP contribution in [-0.4, -0.2) is 42.1 Å². The molecule has 1 amide bonds. The average Bonchev–Trinajstić information content (AvgIpc) is 2.42. The molecule has 0 saturated heterocycles. The molecule has 1 aromatic carbocycles. The Morgan fingerprint density at radius 3 is 2.50 bits per heavy atom. The van der Waals surface area contributed by atoms with E-state index in [0.29, 0.717) is 12.1 Å². The van der Waals surface area contributed by atoms with Crippen LogP contribution in [0.2, 0.25) is 0 Å². The Bertz CT molecular complexity index is 434. The molecule has 0 aliphatic heterocycles. The first kappa shape index (κ1) is 16.7. The molecule has 0 bridgehead atoms. The van der Waals surface area contributed by atoms with Gasteiger partial charge in [-0.15, -0.1) is 0 Å². The fourth-order valence-electron chi connectivity index (χ4n) is 2.01. The van der Waals surface area contributed by atoms with E-state index in [4.69, 9.17) is 0 Å². The third kappa shape index (κ3) is 4.94. The Balaban J connectivity index is 2.60. The fraction of sp³-hybridized carbons (Fsp3) is 0.562. The SMILES string of the molecule is CCN(CC)CCNC(=O)c1cccc(C(C)(C)O)c1. The second-order valence-electron chi connectivity index (χ2n) is 5.42. The normalized spacial score (nSPS) is 11.7. The summed E-state index contributed by atoms with van der Waals surface area (Å²) < 4.78 is 0. The molecule has 4 nitrogen and oxygen atoms in total. The molecule has 0 spiro atoms.